The molecule has 0 N–H and O–H groups in total. The van der Waals surface area contributed by atoms with Crippen molar-refractivity contribution in [1.82, 2.24) is 24.5 Å². The monoisotopic (exact) mass is 651 g/mol. The first-order valence-corrected chi connectivity index (χ1v) is 10.7. The van der Waals surface area contributed by atoms with Crippen LogP contribution >= 0.6 is 0 Å². The topological polar surface area (TPSA) is 104 Å². The van der Waals surface area contributed by atoms with E-state index >= 15 is 0 Å². The van der Waals surface area contributed by atoms with E-state index in [1.54, 1.807) is 12.4 Å². The number of hydrogen-bond donors (Lipinski definition) is 0. The number of fused-ring (bicyclic) bond motifs is 3. The van der Waals surface area contributed by atoms with Crippen molar-refractivity contribution in [3.8, 4) is 40.3 Å². The van der Waals surface area contributed by atoms with Crippen LogP contribution in [0.3, 0.4) is 0 Å². The van der Waals surface area contributed by atoms with E-state index in [1.165, 1.54) is 12.4 Å². The van der Waals surface area contributed by atoms with Gasteiger partial charge in [0.05, 0.1) is 11.3 Å². The molecule has 3 aromatic heterocycles. The molecule has 0 saturated carbocycles. The first-order chi connectivity index (χ1) is 17.3. The zero-order valence-electron chi connectivity index (χ0n) is 18.8. The molecule has 0 aliphatic rings. The van der Waals surface area contributed by atoms with E-state index in [2.05, 4.69) is 42.7 Å². The van der Waals surface area contributed by atoms with Gasteiger partial charge in [-0.15, -0.1) is 12.1 Å². The Morgan fingerprint density at radius 2 is 1.32 bits per heavy atom. The summed E-state index contributed by atoms with van der Waals surface area (Å²) >= 11 is 0. The summed E-state index contributed by atoms with van der Waals surface area (Å²) in [5.41, 5.74) is 5.68. The summed E-state index contributed by atoms with van der Waals surface area (Å²) in [5, 5.41) is 20.4. The van der Waals surface area contributed by atoms with Crippen molar-refractivity contribution in [3.05, 3.63) is 103 Å². The molecule has 6 aromatic rings. The molecule has 0 atom stereocenters. The summed E-state index contributed by atoms with van der Waals surface area (Å²) < 4.78 is 2.17. The van der Waals surface area contributed by atoms with Gasteiger partial charge in [0.2, 0.25) is 5.82 Å². The van der Waals surface area contributed by atoms with Gasteiger partial charge >= 0.3 is 39.0 Å². The summed E-state index contributed by atoms with van der Waals surface area (Å²) in [6, 6.07) is 28.1. The fourth-order valence-corrected chi connectivity index (χ4v) is 4.20. The van der Waals surface area contributed by atoms with E-state index in [4.69, 9.17) is 5.26 Å². The number of rotatable bonds is 3. The third kappa shape index (κ3) is 4.56. The van der Waals surface area contributed by atoms with Crippen molar-refractivity contribution in [1.29, 1.82) is 10.5 Å². The molecule has 0 unspecified atom stereocenters. The van der Waals surface area contributed by atoms with Crippen LogP contribution < -0.4 is 0 Å². The van der Waals surface area contributed by atoms with Gasteiger partial charge in [0.15, 0.2) is 5.82 Å². The Bertz CT molecular complexity index is 1760. The zero-order valence-corrected chi connectivity index (χ0v) is 22.3. The van der Waals surface area contributed by atoms with Gasteiger partial charge in [-0.1, -0.05) is 17.1 Å². The molecule has 0 bridgehead atoms. The van der Waals surface area contributed by atoms with E-state index in [1.807, 2.05) is 60.7 Å². The summed E-state index contributed by atoms with van der Waals surface area (Å²) in [6.45, 7) is 0. The first-order valence-electron chi connectivity index (χ1n) is 10.7. The average molecular weight is 650 g/mol. The second-order valence-corrected chi connectivity index (χ2v) is 7.77. The maximum atomic E-state index is 9.20. The summed E-state index contributed by atoms with van der Waals surface area (Å²) in [5.74, 6) is 0.593. The van der Waals surface area contributed by atoms with Gasteiger partial charge in [0.25, 0.3) is 0 Å². The normalized spacial score (nSPS) is 10.2. The molecule has 2 radical (unpaired) electrons. The minimum Gasteiger partial charge on any atom is -0.358 e. The number of benzene rings is 3. The molecule has 0 aliphatic carbocycles. The number of aromatic nitrogens is 5. The SMILES string of the molecule is N#Cc1cnc(-c2cc(-c3cnc(C#N)nc3)ccc2-n2c3cc[c-]cc3c3c[c-]ccc32)nc1.[Ru+].[Ru+]. The number of nitriles is 2. The van der Waals surface area contributed by atoms with Crippen LogP contribution in [0.5, 0.6) is 0 Å². The Morgan fingerprint density at radius 3 is 1.89 bits per heavy atom. The molecule has 3 aromatic carbocycles. The molecule has 0 spiro atoms. The Labute approximate surface area is 238 Å². The van der Waals surface area contributed by atoms with E-state index in [0.717, 1.165) is 44.2 Å². The second-order valence-electron chi connectivity index (χ2n) is 7.77. The van der Waals surface area contributed by atoms with Crippen molar-refractivity contribution >= 4 is 21.8 Å². The van der Waals surface area contributed by atoms with Crippen LogP contribution in [-0.4, -0.2) is 24.5 Å². The van der Waals surface area contributed by atoms with Crippen molar-refractivity contribution in [2.24, 2.45) is 0 Å². The van der Waals surface area contributed by atoms with Gasteiger partial charge in [-0.3, -0.25) is 0 Å². The van der Waals surface area contributed by atoms with Crippen LogP contribution in [0, 0.1) is 34.8 Å². The molecular weight excluding hydrogens is 636 g/mol. The third-order valence-electron chi connectivity index (χ3n) is 5.80. The Kier molecular flexibility index (Phi) is 7.60. The van der Waals surface area contributed by atoms with Crippen molar-refractivity contribution in [3.63, 3.8) is 0 Å². The fourth-order valence-electron chi connectivity index (χ4n) is 4.20. The van der Waals surface area contributed by atoms with E-state index in [0.29, 0.717) is 11.4 Å². The van der Waals surface area contributed by atoms with Gasteiger partial charge < -0.3 is 4.57 Å². The number of hydrogen-bond acceptors (Lipinski definition) is 6. The Hall–Kier alpha value is -4.15. The largest absolute Gasteiger partial charge is 1.00 e. The minimum absolute atomic E-state index is 0. The van der Waals surface area contributed by atoms with E-state index in [-0.39, 0.29) is 44.8 Å². The van der Waals surface area contributed by atoms with Crippen LogP contribution in [0.2, 0.25) is 0 Å². The van der Waals surface area contributed by atoms with Crippen molar-refractivity contribution in [2.45, 2.75) is 0 Å². The second kappa shape index (κ2) is 10.9. The zero-order chi connectivity index (χ0) is 23.8. The fraction of sp³-hybridized carbons (Fsp3) is 0. The van der Waals surface area contributed by atoms with E-state index in [9.17, 15) is 5.26 Å². The van der Waals surface area contributed by atoms with Crippen LogP contribution in [0.25, 0.3) is 50.0 Å². The molecule has 176 valence electrons. The van der Waals surface area contributed by atoms with Crippen LogP contribution in [0.15, 0.2) is 79.4 Å². The smallest absolute Gasteiger partial charge is 0.358 e. The average Bonchev–Trinajstić information content (AvgIpc) is 3.27. The Balaban J connectivity index is 0.00000160. The third-order valence-corrected chi connectivity index (χ3v) is 5.80. The molecule has 37 heavy (non-hydrogen) atoms. The maximum Gasteiger partial charge on any atom is 1.00 e. The van der Waals surface area contributed by atoms with E-state index < -0.39 is 0 Å². The summed E-state index contributed by atoms with van der Waals surface area (Å²) in [7, 11) is 0. The molecule has 0 aliphatic heterocycles. The quantitative estimate of drug-likeness (QED) is 0.197. The molecular formula is C28H13N7Ru2. The van der Waals surface area contributed by atoms with Crippen molar-refractivity contribution < 1.29 is 39.0 Å². The van der Waals surface area contributed by atoms with Crippen LogP contribution in [-0.2, 0) is 39.0 Å². The summed E-state index contributed by atoms with van der Waals surface area (Å²) in [4.78, 5) is 17.2. The molecule has 0 fully saturated rings. The molecule has 0 saturated heterocycles. The van der Waals surface area contributed by atoms with Gasteiger partial charge in [-0.2, -0.15) is 57.7 Å². The predicted octanol–water partition coefficient (Wildman–Crippen LogP) is 5.04. The standard InChI is InChI=1S/C28H13N7.2Ru/c29-12-18-14-33-28(34-15-18)23-11-19(20-16-31-27(13-30)32-17-20)9-10-26(23)35-24-7-3-1-5-21(24)22-6-2-4-8-25(22)35;;/h3-11,14-17H;;/q-2;2*+1. The predicted molar refractivity (Wildman–Crippen MR) is 130 cm³/mol. The van der Waals surface area contributed by atoms with Gasteiger partial charge in [-0.05, 0) is 17.7 Å². The van der Waals surface area contributed by atoms with Crippen LogP contribution in [0.4, 0.5) is 0 Å². The van der Waals surface area contributed by atoms with Crippen molar-refractivity contribution in [2.75, 3.05) is 0 Å². The summed E-state index contributed by atoms with van der Waals surface area (Å²) in [6.07, 6.45) is 6.27. The molecule has 9 heteroatoms. The number of nitrogens with zero attached hydrogens (tertiary/aromatic N) is 7. The van der Waals surface area contributed by atoms with Gasteiger partial charge in [0, 0.05) is 35.9 Å². The van der Waals surface area contributed by atoms with Gasteiger partial charge in [0.1, 0.15) is 12.1 Å². The maximum absolute atomic E-state index is 9.20. The minimum atomic E-state index is 0. The van der Waals surface area contributed by atoms with Crippen LogP contribution in [0.1, 0.15) is 11.4 Å². The molecule has 7 nitrogen and oxygen atoms in total. The molecule has 0 amide bonds. The Morgan fingerprint density at radius 1 is 0.703 bits per heavy atom. The molecule has 6 rings (SSSR count). The molecule has 3 heterocycles. The first kappa shape index (κ1) is 25.9. The van der Waals surface area contributed by atoms with Gasteiger partial charge in [-0.25, -0.2) is 19.9 Å².